The molecule has 2 aromatic rings. The van der Waals surface area contributed by atoms with Gasteiger partial charge in [-0.3, -0.25) is 0 Å². The predicted octanol–water partition coefficient (Wildman–Crippen LogP) is 7.02. The Morgan fingerprint density at radius 3 is 2.54 bits per heavy atom. The molecule has 0 saturated carbocycles. The number of fused-ring (bicyclic) bond motifs is 1. The highest BCUT2D eigenvalue weighted by Crippen LogP contribution is 2.36. The SMILES string of the molecule is CC.CC1=C(/C=C\CCl)/C(=C\c2cccc(O)c2)c2ccccc2CC1. The minimum atomic E-state index is 0.282. The molecule has 0 atom stereocenters. The van der Waals surface area contributed by atoms with Crippen molar-refractivity contribution >= 4 is 23.3 Å². The van der Waals surface area contributed by atoms with E-state index in [9.17, 15) is 5.11 Å². The molecule has 2 aromatic carbocycles. The quantitative estimate of drug-likeness (QED) is 0.579. The molecular weight excluding hydrogens is 340 g/mol. The number of halogens is 1. The van der Waals surface area contributed by atoms with Crippen molar-refractivity contribution in [2.24, 2.45) is 0 Å². The topological polar surface area (TPSA) is 20.2 Å². The van der Waals surface area contributed by atoms with Crippen LogP contribution in [0.2, 0.25) is 0 Å². The Balaban J connectivity index is 0.00000117. The molecule has 0 unspecified atom stereocenters. The van der Waals surface area contributed by atoms with Crippen LogP contribution in [0.15, 0.2) is 71.8 Å². The summed E-state index contributed by atoms with van der Waals surface area (Å²) in [5, 5.41) is 9.78. The van der Waals surface area contributed by atoms with Crippen LogP contribution in [0.1, 0.15) is 43.9 Å². The van der Waals surface area contributed by atoms with Crippen molar-refractivity contribution < 1.29 is 5.11 Å². The van der Waals surface area contributed by atoms with E-state index in [1.807, 2.05) is 32.1 Å². The normalized spacial score (nSPS) is 15.5. The summed E-state index contributed by atoms with van der Waals surface area (Å²) in [5.41, 5.74) is 7.38. The Bertz CT molecular complexity index is 828. The van der Waals surface area contributed by atoms with Crippen LogP contribution in [-0.4, -0.2) is 11.0 Å². The number of phenols is 1. The summed E-state index contributed by atoms with van der Waals surface area (Å²) in [6.45, 7) is 6.19. The number of rotatable bonds is 3. The first kappa shape index (κ1) is 20.1. The van der Waals surface area contributed by atoms with Crippen LogP contribution < -0.4 is 0 Å². The number of aryl methyl sites for hydroxylation is 1. The second-order valence-electron chi connectivity index (χ2n) is 6.06. The summed E-state index contributed by atoms with van der Waals surface area (Å²) < 4.78 is 0. The molecule has 1 nitrogen and oxygen atoms in total. The van der Waals surface area contributed by atoms with Crippen molar-refractivity contribution in [3.05, 3.63) is 88.5 Å². The Hall–Kier alpha value is -2.25. The van der Waals surface area contributed by atoms with Gasteiger partial charge in [0.25, 0.3) is 0 Å². The number of hydrogen-bond acceptors (Lipinski definition) is 1. The lowest BCUT2D eigenvalue weighted by Gasteiger charge is -2.13. The maximum atomic E-state index is 9.78. The van der Waals surface area contributed by atoms with E-state index in [0.29, 0.717) is 5.88 Å². The average Bonchev–Trinajstić information content (AvgIpc) is 2.79. The molecule has 2 heteroatoms. The number of benzene rings is 2. The highest BCUT2D eigenvalue weighted by molar-refractivity contribution is 6.19. The molecule has 0 radical (unpaired) electrons. The lowest BCUT2D eigenvalue weighted by atomic mass is 9.92. The molecule has 0 saturated heterocycles. The molecule has 26 heavy (non-hydrogen) atoms. The Labute approximate surface area is 162 Å². The van der Waals surface area contributed by atoms with E-state index >= 15 is 0 Å². The van der Waals surface area contributed by atoms with Crippen molar-refractivity contribution in [2.75, 3.05) is 5.88 Å². The van der Waals surface area contributed by atoms with E-state index in [4.69, 9.17) is 11.6 Å². The van der Waals surface area contributed by atoms with Crippen LogP contribution in [-0.2, 0) is 6.42 Å². The van der Waals surface area contributed by atoms with Crippen molar-refractivity contribution in [3.8, 4) is 5.75 Å². The van der Waals surface area contributed by atoms with E-state index < -0.39 is 0 Å². The largest absolute Gasteiger partial charge is 0.508 e. The minimum absolute atomic E-state index is 0.282. The molecule has 1 aliphatic rings. The number of hydrogen-bond donors (Lipinski definition) is 1. The Kier molecular flexibility index (Phi) is 7.74. The van der Waals surface area contributed by atoms with Gasteiger partial charge in [-0.2, -0.15) is 0 Å². The molecule has 0 amide bonds. The molecule has 0 aromatic heterocycles. The standard InChI is InChI=1S/C22H21ClO.C2H6/c1-16-11-12-18-7-2-3-9-21(18)22(20(16)10-5-13-23)15-17-6-4-8-19(24)14-17;1-2/h2-10,14-15,24H,11-13H2,1H3;1-2H3/b10-5-,22-15+;. The van der Waals surface area contributed by atoms with Gasteiger partial charge in [0.2, 0.25) is 0 Å². The number of phenolic OH excluding ortho intramolecular Hbond substituents is 1. The zero-order chi connectivity index (χ0) is 18.9. The van der Waals surface area contributed by atoms with Crippen molar-refractivity contribution in [1.29, 1.82) is 0 Å². The van der Waals surface area contributed by atoms with E-state index in [0.717, 1.165) is 18.4 Å². The van der Waals surface area contributed by atoms with Crippen LogP contribution >= 0.6 is 11.6 Å². The van der Waals surface area contributed by atoms with Gasteiger partial charge in [-0.25, -0.2) is 0 Å². The lowest BCUT2D eigenvalue weighted by molar-refractivity contribution is 0.475. The highest BCUT2D eigenvalue weighted by Gasteiger charge is 2.17. The second-order valence-corrected chi connectivity index (χ2v) is 6.37. The van der Waals surface area contributed by atoms with E-state index in [1.165, 1.54) is 27.8 Å². The molecule has 1 aliphatic carbocycles. The van der Waals surface area contributed by atoms with Crippen LogP contribution in [0.25, 0.3) is 11.6 Å². The summed E-state index contributed by atoms with van der Waals surface area (Å²) in [4.78, 5) is 0. The smallest absolute Gasteiger partial charge is 0.116 e. The van der Waals surface area contributed by atoms with Gasteiger partial charge in [-0.05, 0) is 65.8 Å². The first-order chi connectivity index (χ1) is 12.7. The number of alkyl halides is 1. The van der Waals surface area contributed by atoms with Crippen LogP contribution in [0, 0.1) is 0 Å². The van der Waals surface area contributed by atoms with Gasteiger partial charge in [-0.15, -0.1) is 11.6 Å². The van der Waals surface area contributed by atoms with Gasteiger partial charge in [0.05, 0.1) is 0 Å². The van der Waals surface area contributed by atoms with Gasteiger partial charge in [0.1, 0.15) is 5.75 Å². The Morgan fingerprint density at radius 1 is 1.04 bits per heavy atom. The Morgan fingerprint density at radius 2 is 1.81 bits per heavy atom. The summed E-state index contributed by atoms with van der Waals surface area (Å²) >= 11 is 5.88. The maximum Gasteiger partial charge on any atom is 0.116 e. The van der Waals surface area contributed by atoms with Gasteiger partial charge < -0.3 is 5.11 Å². The van der Waals surface area contributed by atoms with Crippen molar-refractivity contribution in [2.45, 2.75) is 33.6 Å². The molecule has 0 aliphatic heterocycles. The van der Waals surface area contributed by atoms with Crippen LogP contribution in [0.5, 0.6) is 5.75 Å². The third kappa shape index (κ3) is 4.89. The van der Waals surface area contributed by atoms with Gasteiger partial charge >= 0.3 is 0 Å². The number of allylic oxidation sites excluding steroid dienone is 5. The second kappa shape index (κ2) is 10.0. The third-order valence-corrected chi connectivity index (χ3v) is 4.56. The molecule has 0 bridgehead atoms. The van der Waals surface area contributed by atoms with E-state index in [1.54, 1.807) is 12.1 Å². The number of aromatic hydroxyl groups is 1. The fourth-order valence-electron chi connectivity index (χ4n) is 3.16. The van der Waals surface area contributed by atoms with Crippen molar-refractivity contribution in [3.63, 3.8) is 0 Å². The zero-order valence-corrected chi connectivity index (χ0v) is 16.6. The van der Waals surface area contributed by atoms with Crippen molar-refractivity contribution in [1.82, 2.24) is 0 Å². The summed E-state index contributed by atoms with van der Waals surface area (Å²) in [5.74, 6) is 0.780. The maximum absolute atomic E-state index is 9.78. The summed E-state index contributed by atoms with van der Waals surface area (Å²) in [6, 6.07) is 15.9. The molecule has 1 N–H and O–H groups in total. The first-order valence-corrected chi connectivity index (χ1v) is 9.74. The highest BCUT2D eigenvalue weighted by atomic mass is 35.5. The predicted molar refractivity (Wildman–Crippen MR) is 115 cm³/mol. The summed E-state index contributed by atoms with van der Waals surface area (Å²) in [6.07, 6.45) is 8.35. The van der Waals surface area contributed by atoms with Gasteiger partial charge in [0, 0.05) is 5.88 Å². The van der Waals surface area contributed by atoms with Crippen LogP contribution in [0.4, 0.5) is 0 Å². The fraction of sp³-hybridized carbons (Fsp3) is 0.250. The van der Waals surface area contributed by atoms with E-state index in [2.05, 4.69) is 43.3 Å². The van der Waals surface area contributed by atoms with Gasteiger partial charge in [-0.1, -0.05) is 68.0 Å². The average molecular weight is 367 g/mol. The fourth-order valence-corrected chi connectivity index (χ4v) is 3.25. The lowest BCUT2D eigenvalue weighted by Crippen LogP contribution is -1.92. The van der Waals surface area contributed by atoms with Gasteiger partial charge in [0.15, 0.2) is 0 Å². The van der Waals surface area contributed by atoms with Crippen LogP contribution in [0.3, 0.4) is 0 Å². The molecule has 0 heterocycles. The third-order valence-electron chi connectivity index (χ3n) is 4.38. The minimum Gasteiger partial charge on any atom is -0.508 e. The van der Waals surface area contributed by atoms with E-state index in [-0.39, 0.29) is 5.75 Å². The first-order valence-electron chi connectivity index (χ1n) is 9.20. The monoisotopic (exact) mass is 366 g/mol. The summed E-state index contributed by atoms with van der Waals surface area (Å²) in [7, 11) is 0. The zero-order valence-electron chi connectivity index (χ0n) is 15.8. The molecule has 136 valence electrons. The molecular formula is C24H27ClO. The molecule has 3 rings (SSSR count). The molecule has 0 spiro atoms. The molecule has 0 fully saturated rings.